The summed E-state index contributed by atoms with van der Waals surface area (Å²) in [7, 11) is 0. The first-order valence-electron chi connectivity index (χ1n) is 22.4. The predicted octanol–water partition coefficient (Wildman–Crippen LogP) is 14.7. The van der Waals surface area contributed by atoms with Gasteiger partial charge in [0.1, 0.15) is 0 Å². The lowest BCUT2D eigenvalue weighted by molar-refractivity contribution is 0.633. The number of hydrogen-bond acceptors (Lipinski definition) is 0. The van der Waals surface area contributed by atoms with Crippen molar-refractivity contribution in [2.45, 2.75) is 16.2 Å². The molecule has 0 saturated heterocycles. The molecule has 10 aromatic rings. The first-order chi connectivity index (χ1) is 31.3. The minimum atomic E-state index is -0.548. The van der Waals surface area contributed by atoms with Crippen LogP contribution in [0, 0.1) is 0 Å². The van der Waals surface area contributed by atoms with Crippen LogP contribution < -0.4 is 0 Å². The average molecular weight is 795 g/mol. The Balaban J connectivity index is 1.05. The zero-order chi connectivity index (χ0) is 41.1. The first kappa shape index (κ1) is 33.9. The van der Waals surface area contributed by atoms with Gasteiger partial charge in [-0.15, -0.1) is 0 Å². The topological polar surface area (TPSA) is 0 Å². The number of hydrogen-bond donors (Lipinski definition) is 0. The van der Waals surface area contributed by atoms with Crippen molar-refractivity contribution in [3.63, 3.8) is 0 Å². The van der Waals surface area contributed by atoms with Gasteiger partial charge in [0.05, 0.1) is 16.2 Å². The molecular formula is C63H38. The molecule has 10 aromatic carbocycles. The van der Waals surface area contributed by atoms with Crippen LogP contribution in [0.3, 0.4) is 0 Å². The molecule has 63 heavy (non-hydrogen) atoms. The molecule has 0 bridgehead atoms. The summed E-state index contributed by atoms with van der Waals surface area (Å²) >= 11 is 0. The second-order valence-corrected chi connectivity index (χ2v) is 18.1. The Hall–Kier alpha value is -7.80. The summed E-state index contributed by atoms with van der Waals surface area (Å²) < 4.78 is 0. The normalized spacial score (nSPS) is 15.7. The van der Waals surface area contributed by atoms with Gasteiger partial charge in [-0.1, -0.05) is 231 Å². The average Bonchev–Trinajstić information content (AvgIpc) is 4.04. The second kappa shape index (κ2) is 11.8. The first-order valence-corrected chi connectivity index (χ1v) is 22.4. The molecule has 0 atom stereocenters. The molecule has 0 heteroatoms. The highest BCUT2D eigenvalue weighted by Gasteiger charge is 2.59. The number of rotatable bonds is 1. The Labute approximate surface area is 367 Å². The van der Waals surface area contributed by atoms with E-state index in [1.165, 1.54) is 122 Å². The van der Waals surface area contributed by atoms with Crippen molar-refractivity contribution < 1.29 is 0 Å². The molecule has 3 spiro atoms. The summed E-state index contributed by atoms with van der Waals surface area (Å²) in [5.41, 5.74) is 28.1. The fourth-order valence-electron chi connectivity index (χ4n) is 13.9. The zero-order valence-electron chi connectivity index (χ0n) is 34.4. The lowest BCUT2D eigenvalue weighted by Crippen LogP contribution is -2.43. The summed E-state index contributed by atoms with van der Waals surface area (Å²) in [6, 6.07) is 88.3. The van der Waals surface area contributed by atoms with Gasteiger partial charge in [0.2, 0.25) is 0 Å². The molecule has 0 radical (unpaired) electrons. The summed E-state index contributed by atoms with van der Waals surface area (Å²) in [6.45, 7) is 0. The molecule has 0 aromatic heterocycles. The van der Waals surface area contributed by atoms with Gasteiger partial charge >= 0.3 is 0 Å². The Morgan fingerprint density at radius 1 is 0.143 bits per heavy atom. The van der Waals surface area contributed by atoms with Gasteiger partial charge in [-0.2, -0.15) is 0 Å². The van der Waals surface area contributed by atoms with Crippen molar-refractivity contribution >= 4 is 0 Å². The molecule has 5 aliphatic rings. The quantitative estimate of drug-likeness (QED) is 0.155. The Kier molecular flexibility index (Phi) is 6.32. The van der Waals surface area contributed by atoms with E-state index in [1.807, 2.05) is 0 Å². The van der Waals surface area contributed by atoms with Crippen LogP contribution in [-0.2, 0) is 16.2 Å². The van der Waals surface area contributed by atoms with Crippen molar-refractivity contribution in [1.82, 2.24) is 0 Å². The van der Waals surface area contributed by atoms with Crippen LogP contribution in [-0.4, -0.2) is 0 Å². The molecule has 0 amide bonds. The largest absolute Gasteiger partial charge is 0.0725 e. The lowest BCUT2D eigenvalue weighted by Gasteiger charge is -2.48. The molecule has 0 fully saturated rings. The third kappa shape index (κ3) is 3.68. The molecule has 0 unspecified atom stereocenters. The highest BCUT2D eigenvalue weighted by atomic mass is 14.6. The van der Waals surface area contributed by atoms with Gasteiger partial charge in [-0.05, 0) is 122 Å². The molecule has 0 nitrogen and oxygen atoms in total. The molecule has 0 aliphatic heterocycles. The molecule has 0 saturated carbocycles. The van der Waals surface area contributed by atoms with Crippen molar-refractivity contribution in [3.05, 3.63) is 297 Å². The molecule has 0 heterocycles. The van der Waals surface area contributed by atoms with E-state index >= 15 is 0 Å². The highest BCUT2D eigenvalue weighted by Crippen LogP contribution is 2.69. The van der Waals surface area contributed by atoms with E-state index in [-0.39, 0.29) is 0 Å². The van der Waals surface area contributed by atoms with E-state index in [0.717, 1.165) is 0 Å². The molecule has 5 aliphatic carbocycles. The SMILES string of the molecule is c1ccc2c(c1)-c1ccccc1C21c2ccccc2C2(c3ccccc3-c3c(-c4cccc5c4-c4ccccc4C54c5ccccc5-c5ccccc54)cccc32)c2ccccc21. The second-order valence-electron chi connectivity index (χ2n) is 18.1. The summed E-state index contributed by atoms with van der Waals surface area (Å²) in [5.74, 6) is 0. The number of fused-ring (bicyclic) bond motifs is 26. The predicted molar refractivity (Wildman–Crippen MR) is 256 cm³/mol. The van der Waals surface area contributed by atoms with Gasteiger partial charge in [0, 0.05) is 0 Å². The van der Waals surface area contributed by atoms with Gasteiger partial charge in [0.15, 0.2) is 0 Å². The van der Waals surface area contributed by atoms with Crippen molar-refractivity contribution in [3.8, 4) is 55.6 Å². The standard InChI is InChI=1S/C63H38/c1-7-27-47-39(19-1)40-20-2-8-28-48(40)61(47)51-31-11-5-23-45(51)59-43(25-17-37-57(59)61)44-26-18-38-58-60(44)46-24-6-12-32-52(46)63(58)55-35-15-13-33-53(55)62(54-34-14-16-36-56(54)63)49-29-9-3-21-41(49)42-22-4-10-30-50(42)62/h1-38H. The highest BCUT2D eigenvalue weighted by molar-refractivity contribution is 6.05. The minimum absolute atomic E-state index is 0.407. The van der Waals surface area contributed by atoms with Crippen LogP contribution in [0.15, 0.2) is 231 Å². The lowest BCUT2D eigenvalue weighted by atomic mass is 9.52. The Morgan fingerprint density at radius 2 is 0.333 bits per heavy atom. The van der Waals surface area contributed by atoms with E-state index in [9.17, 15) is 0 Å². The maximum absolute atomic E-state index is 2.45. The maximum Gasteiger partial charge on any atom is 0.0725 e. The van der Waals surface area contributed by atoms with Crippen LogP contribution in [0.4, 0.5) is 0 Å². The van der Waals surface area contributed by atoms with Crippen LogP contribution in [0.2, 0.25) is 0 Å². The fourth-order valence-corrected chi connectivity index (χ4v) is 13.9. The minimum Gasteiger partial charge on any atom is -0.0619 e. The van der Waals surface area contributed by atoms with Crippen LogP contribution in [0.25, 0.3) is 55.6 Å². The van der Waals surface area contributed by atoms with Crippen molar-refractivity contribution in [2.24, 2.45) is 0 Å². The van der Waals surface area contributed by atoms with Crippen LogP contribution in [0.1, 0.15) is 66.8 Å². The monoisotopic (exact) mass is 794 g/mol. The van der Waals surface area contributed by atoms with Crippen LogP contribution in [0.5, 0.6) is 0 Å². The molecular weight excluding hydrogens is 757 g/mol. The molecule has 15 rings (SSSR count). The summed E-state index contributed by atoms with van der Waals surface area (Å²) in [6.07, 6.45) is 0. The smallest absolute Gasteiger partial charge is 0.0619 e. The number of benzene rings is 10. The Bertz CT molecular complexity index is 3510. The zero-order valence-corrected chi connectivity index (χ0v) is 34.4. The summed E-state index contributed by atoms with van der Waals surface area (Å²) in [5, 5.41) is 0. The third-order valence-corrected chi connectivity index (χ3v) is 15.8. The summed E-state index contributed by atoms with van der Waals surface area (Å²) in [4.78, 5) is 0. The van der Waals surface area contributed by atoms with Gasteiger partial charge < -0.3 is 0 Å². The molecule has 290 valence electrons. The van der Waals surface area contributed by atoms with Gasteiger partial charge in [0.25, 0.3) is 0 Å². The Morgan fingerprint density at radius 3 is 0.651 bits per heavy atom. The van der Waals surface area contributed by atoms with E-state index in [2.05, 4.69) is 231 Å². The van der Waals surface area contributed by atoms with E-state index in [1.54, 1.807) is 0 Å². The van der Waals surface area contributed by atoms with E-state index < -0.39 is 16.2 Å². The van der Waals surface area contributed by atoms with Crippen molar-refractivity contribution in [2.75, 3.05) is 0 Å². The van der Waals surface area contributed by atoms with Gasteiger partial charge in [-0.25, -0.2) is 0 Å². The fraction of sp³-hybridized carbons (Fsp3) is 0.0476. The van der Waals surface area contributed by atoms with E-state index in [0.29, 0.717) is 0 Å². The van der Waals surface area contributed by atoms with Gasteiger partial charge in [-0.3, -0.25) is 0 Å². The van der Waals surface area contributed by atoms with Crippen molar-refractivity contribution in [1.29, 1.82) is 0 Å². The van der Waals surface area contributed by atoms with E-state index in [4.69, 9.17) is 0 Å². The third-order valence-electron chi connectivity index (χ3n) is 15.8. The molecule has 0 N–H and O–H groups in total. The maximum atomic E-state index is 2.45. The van der Waals surface area contributed by atoms with Crippen LogP contribution >= 0.6 is 0 Å².